The molecule has 0 radical (unpaired) electrons. The van der Waals surface area contributed by atoms with E-state index in [0.717, 1.165) is 0 Å². The lowest BCUT2D eigenvalue weighted by molar-refractivity contribution is -0.923. The van der Waals surface area contributed by atoms with E-state index in [0.29, 0.717) is 0 Å². The molecule has 0 aromatic heterocycles. The Hall–Kier alpha value is -1.64. The zero-order valence-corrected chi connectivity index (χ0v) is 28.6. The van der Waals surface area contributed by atoms with Gasteiger partial charge in [0.25, 0.3) is 0 Å². The summed E-state index contributed by atoms with van der Waals surface area (Å²) in [6.07, 6.45) is 13.5. The van der Waals surface area contributed by atoms with Crippen molar-refractivity contribution in [2.24, 2.45) is 0 Å². The van der Waals surface area contributed by atoms with Crippen molar-refractivity contribution in [1.82, 2.24) is 0 Å². The number of aryl methyl sites for hydroxylation is 2. The molecule has 0 heterocycles. The zero-order chi connectivity index (χ0) is 29.9. The number of fused-ring (bicyclic) bond motifs is 3. The molecule has 2 aromatic carbocycles. The summed E-state index contributed by atoms with van der Waals surface area (Å²) in [5.41, 5.74) is 9.31. The molecule has 0 aliphatic heterocycles. The minimum absolute atomic E-state index is 0.189. The van der Waals surface area contributed by atoms with E-state index in [9.17, 15) is 0 Å². The zero-order valence-electron chi connectivity index (χ0n) is 28.6. The van der Waals surface area contributed by atoms with Crippen LogP contribution in [0, 0.1) is 13.8 Å². The number of unbranched alkanes of at least 4 members (excludes halogenated alkanes) is 6. The van der Waals surface area contributed by atoms with E-state index in [4.69, 9.17) is 0 Å². The van der Waals surface area contributed by atoms with Gasteiger partial charge in [-0.1, -0.05) is 73.2 Å². The second-order valence-corrected chi connectivity index (χ2v) is 13.5. The normalized spacial score (nSPS) is 14.3. The lowest BCUT2D eigenvalue weighted by atomic mass is 9.70. The van der Waals surface area contributed by atoms with Crippen molar-refractivity contribution in [2.75, 3.05) is 52.4 Å². The monoisotopic (exact) mass is 563 g/mol. The average molecular weight is 563 g/mol. The minimum Gasteiger partial charge on any atom is -0.324 e. The lowest BCUT2D eigenvalue weighted by Crippen LogP contribution is -2.48. The van der Waals surface area contributed by atoms with E-state index in [1.165, 1.54) is 148 Å². The molecule has 3 rings (SSSR count). The van der Waals surface area contributed by atoms with Gasteiger partial charge in [-0.25, -0.2) is 0 Å². The minimum atomic E-state index is 0.189. The van der Waals surface area contributed by atoms with Crippen LogP contribution >= 0.6 is 0 Å². The highest BCUT2D eigenvalue weighted by atomic mass is 15.3. The maximum absolute atomic E-state index is 2.55. The number of benzene rings is 2. The predicted molar refractivity (Wildman–Crippen MR) is 182 cm³/mol. The van der Waals surface area contributed by atoms with E-state index in [1.807, 2.05) is 0 Å². The molecule has 230 valence electrons. The molecule has 0 atom stereocenters. The molecular formula is C39H66N2+2. The van der Waals surface area contributed by atoms with E-state index in [1.54, 1.807) is 11.1 Å². The highest BCUT2D eigenvalue weighted by Gasteiger charge is 2.42. The first-order valence-corrected chi connectivity index (χ1v) is 17.7. The summed E-state index contributed by atoms with van der Waals surface area (Å²) in [4.78, 5) is 0. The van der Waals surface area contributed by atoms with Gasteiger partial charge in [-0.05, 0) is 116 Å². The second-order valence-electron chi connectivity index (χ2n) is 13.5. The first kappa shape index (κ1) is 33.9. The van der Waals surface area contributed by atoms with Crippen LogP contribution in [0.2, 0.25) is 0 Å². The molecule has 0 saturated carbocycles. The molecule has 0 amide bonds. The van der Waals surface area contributed by atoms with E-state index >= 15 is 0 Å². The van der Waals surface area contributed by atoms with Crippen LogP contribution < -0.4 is 0 Å². The molecule has 0 N–H and O–H groups in total. The van der Waals surface area contributed by atoms with Crippen molar-refractivity contribution in [3.8, 4) is 11.1 Å². The molecule has 0 spiro atoms. The van der Waals surface area contributed by atoms with Crippen molar-refractivity contribution in [3.05, 3.63) is 58.7 Å². The molecule has 0 unspecified atom stereocenters. The Bertz CT molecular complexity index is 957. The predicted octanol–water partition coefficient (Wildman–Crippen LogP) is 10.2. The van der Waals surface area contributed by atoms with Gasteiger partial charge in [0.1, 0.15) is 0 Å². The second kappa shape index (κ2) is 15.7. The van der Waals surface area contributed by atoms with Gasteiger partial charge >= 0.3 is 0 Å². The van der Waals surface area contributed by atoms with Crippen LogP contribution in [0.15, 0.2) is 36.4 Å². The average Bonchev–Trinajstić information content (AvgIpc) is 3.25. The van der Waals surface area contributed by atoms with Gasteiger partial charge in [0.2, 0.25) is 0 Å². The van der Waals surface area contributed by atoms with E-state index in [2.05, 4.69) is 91.8 Å². The Morgan fingerprint density at radius 3 is 1.15 bits per heavy atom. The van der Waals surface area contributed by atoms with Gasteiger partial charge in [-0.2, -0.15) is 0 Å². The van der Waals surface area contributed by atoms with E-state index in [-0.39, 0.29) is 5.41 Å². The van der Waals surface area contributed by atoms with Gasteiger partial charge in [0, 0.05) is 5.41 Å². The third-order valence-electron chi connectivity index (χ3n) is 11.7. The molecule has 0 saturated heterocycles. The van der Waals surface area contributed by atoms with Crippen LogP contribution in [-0.4, -0.2) is 61.3 Å². The van der Waals surface area contributed by atoms with Crippen molar-refractivity contribution in [1.29, 1.82) is 0 Å². The summed E-state index contributed by atoms with van der Waals surface area (Å²) < 4.78 is 2.58. The van der Waals surface area contributed by atoms with Crippen molar-refractivity contribution in [3.63, 3.8) is 0 Å². The number of nitrogens with zero attached hydrogens (tertiary/aromatic N) is 2. The summed E-state index contributed by atoms with van der Waals surface area (Å²) >= 11 is 0. The fraction of sp³-hybridized carbons (Fsp3) is 0.692. The Balaban J connectivity index is 1.72. The van der Waals surface area contributed by atoms with Crippen LogP contribution in [0.5, 0.6) is 0 Å². The number of quaternary nitrogens is 2. The highest BCUT2D eigenvalue weighted by molar-refractivity contribution is 5.81. The van der Waals surface area contributed by atoms with Crippen molar-refractivity contribution in [2.45, 2.75) is 125 Å². The van der Waals surface area contributed by atoms with Crippen molar-refractivity contribution >= 4 is 0 Å². The Morgan fingerprint density at radius 2 is 0.805 bits per heavy atom. The maximum Gasteiger partial charge on any atom is 0.0786 e. The quantitative estimate of drug-likeness (QED) is 0.111. The van der Waals surface area contributed by atoms with Gasteiger partial charge in [0.15, 0.2) is 0 Å². The molecule has 2 aromatic rings. The molecule has 1 aliphatic carbocycles. The molecule has 2 nitrogen and oxygen atoms in total. The van der Waals surface area contributed by atoms with Crippen LogP contribution in [0.1, 0.15) is 128 Å². The first-order valence-electron chi connectivity index (χ1n) is 17.7. The smallest absolute Gasteiger partial charge is 0.0786 e. The first-order chi connectivity index (χ1) is 19.8. The number of rotatable bonds is 20. The number of hydrogen-bond donors (Lipinski definition) is 0. The largest absolute Gasteiger partial charge is 0.324 e. The summed E-state index contributed by atoms with van der Waals surface area (Å²) in [7, 11) is 0. The third-order valence-corrected chi connectivity index (χ3v) is 11.7. The Labute approximate surface area is 255 Å². The topological polar surface area (TPSA) is 0 Å². The Kier molecular flexibility index (Phi) is 13.0. The summed E-state index contributed by atoms with van der Waals surface area (Å²) in [5.74, 6) is 0. The van der Waals surface area contributed by atoms with E-state index < -0.39 is 0 Å². The number of hydrogen-bond acceptors (Lipinski definition) is 0. The SMILES string of the molecule is CC[N+](CC)(CC)CCCCCCC1(CCCCCC[N+](CC)(CC)CC)c2cc(C)ccc2-c2ccc(C)cc21. The molecule has 0 fully saturated rings. The maximum atomic E-state index is 2.55. The molecule has 1 aliphatic rings. The summed E-state index contributed by atoms with van der Waals surface area (Å²) in [6, 6.07) is 14.6. The van der Waals surface area contributed by atoms with Crippen LogP contribution in [-0.2, 0) is 5.41 Å². The van der Waals surface area contributed by atoms with Gasteiger partial charge in [0.05, 0.1) is 52.4 Å². The summed E-state index contributed by atoms with van der Waals surface area (Å²) in [5, 5.41) is 0. The van der Waals surface area contributed by atoms with Gasteiger partial charge in [-0.3, -0.25) is 0 Å². The van der Waals surface area contributed by atoms with Gasteiger partial charge < -0.3 is 8.97 Å². The molecule has 41 heavy (non-hydrogen) atoms. The van der Waals surface area contributed by atoms with Gasteiger partial charge in [-0.15, -0.1) is 0 Å². The lowest BCUT2D eigenvalue weighted by Gasteiger charge is -2.36. The van der Waals surface area contributed by atoms with Crippen LogP contribution in [0.3, 0.4) is 0 Å². The fourth-order valence-corrected chi connectivity index (χ4v) is 8.13. The standard InChI is InChI=1S/C39H66N2/c1-9-40(10-2,11-3)29-21-17-15-19-27-39(28-20-16-18-22-30-41(12-4,13-5)14-6)37-31-33(7)23-25-35(37)36-26-24-34(8)32-38(36)39/h23-26,31-32H,9-22,27-30H2,1-8H3/q+2. The summed E-state index contributed by atoms with van der Waals surface area (Å²) in [6.45, 7) is 29.2. The molecule has 2 heteroatoms. The van der Waals surface area contributed by atoms with Crippen LogP contribution in [0.4, 0.5) is 0 Å². The molecule has 0 bridgehead atoms. The Morgan fingerprint density at radius 1 is 0.463 bits per heavy atom. The fourth-order valence-electron chi connectivity index (χ4n) is 8.13. The van der Waals surface area contributed by atoms with Crippen LogP contribution in [0.25, 0.3) is 11.1 Å². The highest BCUT2D eigenvalue weighted by Crippen LogP contribution is 2.54. The van der Waals surface area contributed by atoms with Crippen molar-refractivity contribution < 1.29 is 8.97 Å². The third kappa shape index (κ3) is 7.85. The molecular weight excluding hydrogens is 496 g/mol.